The van der Waals surface area contributed by atoms with Crippen molar-refractivity contribution in [3.63, 3.8) is 0 Å². The van der Waals surface area contributed by atoms with Crippen LogP contribution in [0.15, 0.2) is 0 Å². The SMILES string of the molecule is CCC1(CC(C)=O)CCCC(C)(C)C1=O. The first kappa shape index (κ1) is 12.4. The fourth-order valence-corrected chi connectivity index (χ4v) is 2.92. The third-order valence-electron chi connectivity index (χ3n) is 3.82. The fraction of sp³-hybridized carbons (Fsp3) is 0.846. The van der Waals surface area contributed by atoms with Crippen LogP contribution in [0, 0.1) is 10.8 Å². The molecule has 1 aliphatic rings. The van der Waals surface area contributed by atoms with Gasteiger partial charge in [0.05, 0.1) is 0 Å². The summed E-state index contributed by atoms with van der Waals surface area (Å²) < 4.78 is 0. The smallest absolute Gasteiger partial charge is 0.145 e. The molecule has 86 valence electrons. The zero-order valence-electron chi connectivity index (χ0n) is 10.4. The Labute approximate surface area is 92.4 Å². The summed E-state index contributed by atoms with van der Waals surface area (Å²) >= 11 is 0. The van der Waals surface area contributed by atoms with Crippen LogP contribution in [-0.2, 0) is 9.59 Å². The second kappa shape index (κ2) is 4.07. The minimum absolute atomic E-state index is 0.142. The fourth-order valence-electron chi connectivity index (χ4n) is 2.92. The van der Waals surface area contributed by atoms with Crippen LogP contribution >= 0.6 is 0 Å². The zero-order chi connectivity index (χ0) is 11.7. The highest BCUT2D eigenvalue weighted by Gasteiger charge is 2.47. The normalized spacial score (nSPS) is 30.3. The number of rotatable bonds is 3. The molecular formula is C13H22O2. The van der Waals surface area contributed by atoms with Crippen molar-refractivity contribution in [2.24, 2.45) is 10.8 Å². The zero-order valence-corrected chi connectivity index (χ0v) is 10.4. The summed E-state index contributed by atoms with van der Waals surface area (Å²) in [6, 6.07) is 0. The van der Waals surface area contributed by atoms with E-state index < -0.39 is 0 Å². The Kier molecular flexibility index (Phi) is 3.37. The van der Waals surface area contributed by atoms with Crippen molar-refractivity contribution in [1.82, 2.24) is 0 Å². The van der Waals surface area contributed by atoms with Gasteiger partial charge in [0.2, 0.25) is 0 Å². The molecule has 1 aliphatic carbocycles. The van der Waals surface area contributed by atoms with E-state index in [4.69, 9.17) is 0 Å². The molecule has 1 saturated carbocycles. The maximum absolute atomic E-state index is 12.4. The number of Topliss-reactive ketones (excluding diaryl/α,β-unsaturated/α-hetero) is 2. The lowest BCUT2D eigenvalue weighted by Gasteiger charge is -2.42. The maximum Gasteiger partial charge on any atom is 0.145 e. The molecule has 2 heteroatoms. The Morgan fingerprint density at radius 1 is 1.33 bits per heavy atom. The van der Waals surface area contributed by atoms with Crippen molar-refractivity contribution in [2.45, 2.75) is 59.8 Å². The molecule has 0 aromatic heterocycles. The molecule has 0 saturated heterocycles. The molecule has 0 spiro atoms. The Hall–Kier alpha value is -0.660. The average Bonchev–Trinajstić information content (AvgIpc) is 2.12. The van der Waals surface area contributed by atoms with Gasteiger partial charge in [0.1, 0.15) is 11.6 Å². The van der Waals surface area contributed by atoms with Gasteiger partial charge < -0.3 is 0 Å². The summed E-state index contributed by atoms with van der Waals surface area (Å²) in [5.74, 6) is 0.446. The molecule has 0 aromatic carbocycles. The minimum Gasteiger partial charge on any atom is -0.300 e. The largest absolute Gasteiger partial charge is 0.300 e. The molecule has 0 heterocycles. The Balaban J connectivity index is 2.97. The van der Waals surface area contributed by atoms with Crippen LogP contribution in [0.3, 0.4) is 0 Å². The van der Waals surface area contributed by atoms with Gasteiger partial charge >= 0.3 is 0 Å². The van der Waals surface area contributed by atoms with Gasteiger partial charge in [0, 0.05) is 17.3 Å². The number of hydrogen-bond donors (Lipinski definition) is 0. The summed E-state index contributed by atoms with van der Waals surface area (Å²) in [6.07, 6.45) is 4.16. The number of ketones is 2. The van der Waals surface area contributed by atoms with Crippen molar-refractivity contribution in [2.75, 3.05) is 0 Å². The standard InChI is InChI=1S/C13H22O2/c1-5-13(9-10(2)14)8-6-7-12(3,4)11(13)15/h5-9H2,1-4H3. The number of hydrogen-bond acceptors (Lipinski definition) is 2. The van der Waals surface area contributed by atoms with Crippen LogP contribution < -0.4 is 0 Å². The van der Waals surface area contributed by atoms with Crippen molar-refractivity contribution >= 4 is 11.6 Å². The van der Waals surface area contributed by atoms with Crippen LogP contribution in [-0.4, -0.2) is 11.6 Å². The third-order valence-corrected chi connectivity index (χ3v) is 3.82. The van der Waals surface area contributed by atoms with E-state index in [0.717, 1.165) is 25.7 Å². The first-order valence-corrected chi connectivity index (χ1v) is 5.88. The van der Waals surface area contributed by atoms with Crippen LogP contribution in [0.25, 0.3) is 0 Å². The van der Waals surface area contributed by atoms with E-state index in [1.54, 1.807) is 6.92 Å². The van der Waals surface area contributed by atoms with Crippen LogP contribution in [0.1, 0.15) is 59.8 Å². The first-order valence-electron chi connectivity index (χ1n) is 5.88. The molecule has 0 radical (unpaired) electrons. The lowest BCUT2D eigenvalue weighted by molar-refractivity contribution is -0.145. The highest BCUT2D eigenvalue weighted by molar-refractivity contribution is 5.94. The molecule has 1 unspecified atom stereocenters. The molecule has 0 bridgehead atoms. The number of carbonyl (C=O) groups excluding carboxylic acids is 2. The molecule has 15 heavy (non-hydrogen) atoms. The van der Waals surface area contributed by atoms with Crippen LogP contribution in [0.2, 0.25) is 0 Å². The summed E-state index contributed by atoms with van der Waals surface area (Å²) in [5.41, 5.74) is -0.586. The topological polar surface area (TPSA) is 34.1 Å². The molecule has 1 rings (SSSR count). The average molecular weight is 210 g/mol. The maximum atomic E-state index is 12.4. The van der Waals surface area contributed by atoms with Gasteiger partial charge in [0.15, 0.2) is 0 Å². The van der Waals surface area contributed by atoms with E-state index in [1.165, 1.54) is 0 Å². The van der Waals surface area contributed by atoms with Gasteiger partial charge in [-0.1, -0.05) is 27.2 Å². The summed E-state index contributed by atoms with van der Waals surface area (Å²) in [7, 11) is 0. The molecule has 2 nitrogen and oxygen atoms in total. The van der Waals surface area contributed by atoms with Crippen molar-refractivity contribution in [1.29, 1.82) is 0 Å². The molecule has 0 amide bonds. The molecule has 0 N–H and O–H groups in total. The van der Waals surface area contributed by atoms with Crippen molar-refractivity contribution in [3.8, 4) is 0 Å². The molecule has 0 aliphatic heterocycles. The van der Waals surface area contributed by atoms with E-state index in [2.05, 4.69) is 0 Å². The van der Waals surface area contributed by atoms with Crippen LogP contribution in [0.4, 0.5) is 0 Å². The Morgan fingerprint density at radius 3 is 2.40 bits per heavy atom. The quantitative estimate of drug-likeness (QED) is 0.717. The van der Waals surface area contributed by atoms with Gasteiger partial charge in [-0.05, 0) is 26.2 Å². The molecule has 1 atom stereocenters. The monoisotopic (exact) mass is 210 g/mol. The Morgan fingerprint density at radius 2 is 1.93 bits per heavy atom. The van der Waals surface area contributed by atoms with E-state index in [1.807, 2.05) is 20.8 Å². The molecule has 0 aromatic rings. The van der Waals surface area contributed by atoms with E-state index in [-0.39, 0.29) is 16.6 Å². The van der Waals surface area contributed by atoms with Gasteiger partial charge in [-0.2, -0.15) is 0 Å². The summed E-state index contributed by atoms with van der Waals surface area (Å²) in [5, 5.41) is 0. The highest BCUT2D eigenvalue weighted by atomic mass is 16.1. The van der Waals surface area contributed by atoms with E-state index in [9.17, 15) is 9.59 Å². The molecule has 1 fully saturated rings. The second-order valence-electron chi connectivity index (χ2n) is 5.58. The second-order valence-corrected chi connectivity index (χ2v) is 5.58. The van der Waals surface area contributed by atoms with Crippen LogP contribution in [0.5, 0.6) is 0 Å². The lowest BCUT2D eigenvalue weighted by Crippen LogP contribution is -2.45. The summed E-state index contributed by atoms with van der Waals surface area (Å²) in [4.78, 5) is 23.7. The van der Waals surface area contributed by atoms with Gasteiger partial charge in [-0.25, -0.2) is 0 Å². The Bertz CT molecular complexity index is 278. The number of carbonyl (C=O) groups is 2. The first-order chi connectivity index (χ1) is 6.84. The highest BCUT2D eigenvalue weighted by Crippen LogP contribution is 2.47. The van der Waals surface area contributed by atoms with E-state index >= 15 is 0 Å². The van der Waals surface area contributed by atoms with E-state index in [0.29, 0.717) is 12.2 Å². The van der Waals surface area contributed by atoms with Gasteiger partial charge in [0.25, 0.3) is 0 Å². The van der Waals surface area contributed by atoms with Crippen molar-refractivity contribution in [3.05, 3.63) is 0 Å². The molecular weight excluding hydrogens is 188 g/mol. The third kappa shape index (κ3) is 2.30. The predicted molar refractivity (Wildman–Crippen MR) is 60.7 cm³/mol. The lowest BCUT2D eigenvalue weighted by atomic mass is 9.59. The minimum atomic E-state index is -0.354. The van der Waals surface area contributed by atoms with Crippen molar-refractivity contribution < 1.29 is 9.59 Å². The predicted octanol–water partition coefficient (Wildman–Crippen LogP) is 3.14. The van der Waals surface area contributed by atoms with Gasteiger partial charge in [-0.3, -0.25) is 9.59 Å². The van der Waals surface area contributed by atoms with Gasteiger partial charge in [-0.15, -0.1) is 0 Å². The summed E-state index contributed by atoms with van der Waals surface area (Å²) in [6.45, 7) is 7.65.